The number of rotatable bonds is 6. The zero-order valence-corrected chi connectivity index (χ0v) is 14.6. The van der Waals surface area contributed by atoms with Gasteiger partial charge in [-0.25, -0.2) is 4.39 Å². The van der Waals surface area contributed by atoms with Crippen molar-refractivity contribution in [2.75, 3.05) is 0 Å². The number of halogens is 1. The maximum Gasteiger partial charge on any atom is 0.251 e. The van der Waals surface area contributed by atoms with Gasteiger partial charge in [0.05, 0.1) is 0 Å². The average Bonchev–Trinajstić information content (AvgIpc) is 2.72. The van der Waals surface area contributed by atoms with Crippen LogP contribution in [0.5, 0.6) is 0 Å². The molecule has 2 amide bonds. The van der Waals surface area contributed by atoms with E-state index < -0.39 is 0 Å². The molecule has 0 fully saturated rings. The molecule has 3 rings (SSSR count). The summed E-state index contributed by atoms with van der Waals surface area (Å²) in [6.07, 6.45) is 0. The zero-order valence-electron chi connectivity index (χ0n) is 14.6. The Morgan fingerprint density at radius 3 is 1.78 bits per heavy atom. The van der Waals surface area contributed by atoms with Crippen LogP contribution in [0.3, 0.4) is 0 Å². The van der Waals surface area contributed by atoms with E-state index >= 15 is 0 Å². The lowest BCUT2D eigenvalue weighted by molar-refractivity contribution is 0.0939. The molecule has 5 heteroatoms. The first-order valence-corrected chi connectivity index (χ1v) is 8.57. The molecule has 3 aromatic rings. The zero-order chi connectivity index (χ0) is 19.1. The molecule has 0 unspecified atom stereocenters. The quantitative estimate of drug-likeness (QED) is 0.703. The maximum atomic E-state index is 13.6. The Kier molecular flexibility index (Phi) is 5.94. The van der Waals surface area contributed by atoms with Crippen LogP contribution in [0.2, 0.25) is 0 Å². The maximum absolute atomic E-state index is 13.6. The van der Waals surface area contributed by atoms with Gasteiger partial charge in [-0.15, -0.1) is 0 Å². The van der Waals surface area contributed by atoms with Crippen LogP contribution < -0.4 is 10.6 Å². The molecule has 2 N–H and O–H groups in total. The van der Waals surface area contributed by atoms with E-state index in [4.69, 9.17) is 0 Å². The molecule has 4 nitrogen and oxygen atoms in total. The Morgan fingerprint density at radius 2 is 1.19 bits per heavy atom. The predicted molar refractivity (Wildman–Crippen MR) is 102 cm³/mol. The van der Waals surface area contributed by atoms with Gasteiger partial charge in [0, 0.05) is 29.8 Å². The third kappa shape index (κ3) is 5.01. The molecule has 0 saturated heterocycles. The number of hydrogen-bond donors (Lipinski definition) is 2. The van der Waals surface area contributed by atoms with E-state index in [1.807, 2.05) is 30.3 Å². The summed E-state index contributed by atoms with van der Waals surface area (Å²) in [6.45, 7) is 0.537. The van der Waals surface area contributed by atoms with Gasteiger partial charge in [0.1, 0.15) is 5.82 Å². The number of hydrogen-bond acceptors (Lipinski definition) is 2. The van der Waals surface area contributed by atoms with Crippen molar-refractivity contribution in [2.45, 2.75) is 13.1 Å². The van der Waals surface area contributed by atoms with Crippen molar-refractivity contribution in [3.63, 3.8) is 0 Å². The Bertz CT molecular complexity index is 925. The summed E-state index contributed by atoms with van der Waals surface area (Å²) in [7, 11) is 0. The third-order valence-corrected chi connectivity index (χ3v) is 4.10. The summed E-state index contributed by atoms with van der Waals surface area (Å²) in [6, 6.07) is 22.2. The second-order valence-corrected chi connectivity index (χ2v) is 6.02. The molecule has 27 heavy (non-hydrogen) atoms. The van der Waals surface area contributed by atoms with E-state index in [0.29, 0.717) is 23.2 Å². The highest BCUT2D eigenvalue weighted by atomic mass is 19.1. The van der Waals surface area contributed by atoms with E-state index in [-0.39, 0.29) is 24.2 Å². The van der Waals surface area contributed by atoms with Crippen LogP contribution in [0, 0.1) is 5.82 Å². The van der Waals surface area contributed by atoms with Gasteiger partial charge >= 0.3 is 0 Å². The summed E-state index contributed by atoms with van der Waals surface area (Å²) < 4.78 is 13.6. The third-order valence-electron chi connectivity index (χ3n) is 4.10. The van der Waals surface area contributed by atoms with Gasteiger partial charge in [-0.1, -0.05) is 48.5 Å². The van der Waals surface area contributed by atoms with Crippen LogP contribution in [0.15, 0.2) is 78.9 Å². The second-order valence-electron chi connectivity index (χ2n) is 6.02. The number of carbonyl (C=O) groups is 2. The highest BCUT2D eigenvalue weighted by Crippen LogP contribution is 2.08. The van der Waals surface area contributed by atoms with Crippen LogP contribution in [-0.4, -0.2) is 11.8 Å². The molecule has 0 saturated carbocycles. The number of benzene rings is 3. The molecule has 0 radical (unpaired) electrons. The summed E-state index contributed by atoms with van der Waals surface area (Å²) in [5.74, 6) is -0.894. The first-order chi connectivity index (χ1) is 13.1. The van der Waals surface area contributed by atoms with Crippen LogP contribution >= 0.6 is 0 Å². The van der Waals surface area contributed by atoms with E-state index in [2.05, 4.69) is 10.6 Å². The Morgan fingerprint density at radius 1 is 0.667 bits per heavy atom. The highest BCUT2D eigenvalue weighted by molar-refractivity contribution is 5.97. The fraction of sp³-hybridized carbons (Fsp3) is 0.0909. The van der Waals surface area contributed by atoms with Crippen LogP contribution in [0.1, 0.15) is 31.8 Å². The monoisotopic (exact) mass is 362 g/mol. The van der Waals surface area contributed by atoms with Crippen molar-refractivity contribution in [3.05, 3.63) is 107 Å². The SMILES string of the molecule is O=C(NCc1ccccc1)c1ccc(C(=O)NCc2ccccc2F)cc1. The van der Waals surface area contributed by atoms with Gasteiger partial charge in [-0.2, -0.15) is 0 Å². The van der Waals surface area contributed by atoms with Gasteiger partial charge in [-0.3, -0.25) is 9.59 Å². The van der Waals surface area contributed by atoms with Gasteiger partial charge in [0.15, 0.2) is 0 Å². The lowest BCUT2D eigenvalue weighted by Gasteiger charge is -2.08. The molecule has 0 aliphatic rings. The lowest BCUT2D eigenvalue weighted by Crippen LogP contribution is -2.24. The second kappa shape index (κ2) is 8.76. The molecule has 0 heterocycles. The van der Waals surface area contributed by atoms with Crippen LogP contribution in [-0.2, 0) is 13.1 Å². The molecular weight excluding hydrogens is 343 g/mol. The topological polar surface area (TPSA) is 58.2 Å². The minimum atomic E-state index is -0.358. The Labute approximate surface area is 157 Å². The molecule has 3 aromatic carbocycles. The van der Waals surface area contributed by atoms with Crippen molar-refractivity contribution >= 4 is 11.8 Å². The molecule has 0 atom stereocenters. The first-order valence-electron chi connectivity index (χ1n) is 8.57. The largest absolute Gasteiger partial charge is 0.348 e. The van der Waals surface area contributed by atoms with Gasteiger partial charge in [0.2, 0.25) is 0 Å². The fourth-order valence-corrected chi connectivity index (χ4v) is 2.57. The minimum absolute atomic E-state index is 0.102. The van der Waals surface area contributed by atoms with Crippen LogP contribution in [0.4, 0.5) is 4.39 Å². The van der Waals surface area contributed by atoms with Crippen molar-refractivity contribution in [2.24, 2.45) is 0 Å². The molecule has 0 spiro atoms. The fourth-order valence-electron chi connectivity index (χ4n) is 2.57. The minimum Gasteiger partial charge on any atom is -0.348 e. The van der Waals surface area contributed by atoms with E-state index in [9.17, 15) is 14.0 Å². The molecule has 0 aromatic heterocycles. The summed E-state index contributed by atoms with van der Waals surface area (Å²) in [5.41, 5.74) is 2.31. The smallest absolute Gasteiger partial charge is 0.251 e. The van der Waals surface area contributed by atoms with Crippen molar-refractivity contribution in [3.8, 4) is 0 Å². The number of nitrogens with one attached hydrogen (secondary N) is 2. The van der Waals surface area contributed by atoms with E-state index in [0.717, 1.165) is 5.56 Å². The average molecular weight is 362 g/mol. The summed E-state index contributed by atoms with van der Waals surface area (Å²) in [4.78, 5) is 24.4. The number of carbonyl (C=O) groups excluding carboxylic acids is 2. The van der Waals surface area contributed by atoms with E-state index in [1.165, 1.54) is 6.07 Å². The van der Waals surface area contributed by atoms with Gasteiger partial charge in [-0.05, 0) is 35.9 Å². The molecule has 0 aliphatic carbocycles. The standard InChI is InChI=1S/C22H19FN2O2/c23-20-9-5-4-8-19(20)15-25-22(27)18-12-10-17(11-13-18)21(26)24-14-16-6-2-1-3-7-16/h1-13H,14-15H2,(H,24,26)(H,25,27). The normalized spacial score (nSPS) is 10.3. The van der Waals surface area contributed by atoms with Gasteiger partial charge < -0.3 is 10.6 Å². The van der Waals surface area contributed by atoms with Crippen molar-refractivity contribution in [1.29, 1.82) is 0 Å². The Balaban J connectivity index is 1.55. The van der Waals surface area contributed by atoms with Crippen molar-refractivity contribution in [1.82, 2.24) is 10.6 Å². The van der Waals surface area contributed by atoms with Gasteiger partial charge in [0.25, 0.3) is 11.8 Å². The predicted octanol–water partition coefficient (Wildman–Crippen LogP) is 3.69. The van der Waals surface area contributed by atoms with Crippen molar-refractivity contribution < 1.29 is 14.0 Å². The number of amides is 2. The molecule has 0 bridgehead atoms. The summed E-state index contributed by atoms with van der Waals surface area (Å²) >= 11 is 0. The molecular formula is C22H19FN2O2. The molecule has 136 valence electrons. The Hall–Kier alpha value is -3.47. The first kappa shape index (κ1) is 18.3. The highest BCUT2D eigenvalue weighted by Gasteiger charge is 2.10. The molecule has 0 aliphatic heterocycles. The summed E-state index contributed by atoms with van der Waals surface area (Å²) in [5, 5.41) is 5.51. The van der Waals surface area contributed by atoms with E-state index in [1.54, 1.807) is 42.5 Å². The lowest BCUT2D eigenvalue weighted by atomic mass is 10.1. The van der Waals surface area contributed by atoms with Crippen LogP contribution in [0.25, 0.3) is 0 Å².